The van der Waals surface area contributed by atoms with Gasteiger partial charge in [0.1, 0.15) is 16.8 Å². The minimum Gasteiger partial charge on any atom is -0.506 e. The zero-order valence-electron chi connectivity index (χ0n) is 17.4. The molecule has 3 N–H and O–H groups in total. The third-order valence-corrected chi connectivity index (χ3v) is 7.61. The molecular weight excluding hydrogens is 396 g/mol. The molecule has 1 amide bonds. The van der Waals surface area contributed by atoms with Crippen LogP contribution in [0.5, 0.6) is 5.75 Å². The number of benzene rings is 1. The molecule has 0 bridgehead atoms. The number of rotatable bonds is 4. The van der Waals surface area contributed by atoms with E-state index in [1.54, 1.807) is 17.4 Å². The molecule has 1 aliphatic heterocycles. The lowest BCUT2D eigenvalue weighted by atomic mass is 10.1. The number of phenolic OH excluding ortho intramolecular Hbond substituents is 1. The van der Waals surface area contributed by atoms with Crippen molar-refractivity contribution in [1.29, 1.82) is 5.26 Å². The molecule has 1 fully saturated rings. The molecule has 6 nitrogen and oxygen atoms in total. The minimum atomic E-state index is -0.190. The first-order chi connectivity index (χ1) is 14.6. The SMILES string of the molecule is C[C@H](C(=O)Nc1sc2c(c1C#N)CCCCC2)[NH+]1CCN(c2ccccc2O)CC1. The van der Waals surface area contributed by atoms with Crippen molar-refractivity contribution in [3.8, 4) is 11.8 Å². The molecule has 30 heavy (non-hydrogen) atoms. The molecule has 1 aromatic heterocycles. The van der Waals surface area contributed by atoms with E-state index >= 15 is 0 Å². The summed E-state index contributed by atoms with van der Waals surface area (Å²) in [6.45, 7) is 5.21. The summed E-state index contributed by atoms with van der Waals surface area (Å²) in [6.07, 6.45) is 5.45. The summed E-state index contributed by atoms with van der Waals surface area (Å²) in [7, 11) is 0. The van der Waals surface area contributed by atoms with Crippen LogP contribution in [0.4, 0.5) is 10.7 Å². The molecule has 158 valence electrons. The van der Waals surface area contributed by atoms with Crippen LogP contribution in [0.25, 0.3) is 0 Å². The van der Waals surface area contributed by atoms with Gasteiger partial charge in [-0.25, -0.2) is 0 Å². The molecule has 2 aromatic rings. The second-order valence-electron chi connectivity index (χ2n) is 8.23. The number of nitriles is 1. The molecule has 2 aliphatic rings. The molecular formula is C23H29N4O2S+. The van der Waals surface area contributed by atoms with E-state index in [2.05, 4.69) is 16.3 Å². The predicted molar refractivity (Wildman–Crippen MR) is 119 cm³/mol. The number of amides is 1. The zero-order chi connectivity index (χ0) is 21.1. The highest BCUT2D eigenvalue weighted by Crippen LogP contribution is 2.37. The van der Waals surface area contributed by atoms with Crippen molar-refractivity contribution in [3.63, 3.8) is 0 Å². The topological polar surface area (TPSA) is 80.8 Å². The molecule has 0 spiro atoms. The number of para-hydroxylation sites is 2. The summed E-state index contributed by atoms with van der Waals surface area (Å²) < 4.78 is 0. The highest BCUT2D eigenvalue weighted by molar-refractivity contribution is 7.16. The van der Waals surface area contributed by atoms with Crippen LogP contribution in [0, 0.1) is 11.3 Å². The maximum Gasteiger partial charge on any atom is 0.283 e. The number of nitrogens with zero attached hydrogens (tertiary/aromatic N) is 2. The molecule has 0 radical (unpaired) electrons. The van der Waals surface area contributed by atoms with Crippen molar-refractivity contribution in [2.45, 2.75) is 45.1 Å². The summed E-state index contributed by atoms with van der Waals surface area (Å²) in [5.74, 6) is 0.280. The lowest BCUT2D eigenvalue weighted by Crippen LogP contribution is -3.19. The molecule has 4 rings (SSSR count). The van der Waals surface area contributed by atoms with E-state index in [1.165, 1.54) is 16.2 Å². The Kier molecular flexibility index (Phi) is 6.26. The first kappa shape index (κ1) is 20.7. The second-order valence-corrected chi connectivity index (χ2v) is 9.33. The van der Waals surface area contributed by atoms with Gasteiger partial charge in [-0.1, -0.05) is 18.6 Å². The smallest absolute Gasteiger partial charge is 0.283 e. The number of carbonyl (C=O) groups is 1. The largest absolute Gasteiger partial charge is 0.506 e. The molecule has 1 saturated heterocycles. The Morgan fingerprint density at radius 2 is 1.97 bits per heavy atom. The average molecular weight is 426 g/mol. The van der Waals surface area contributed by atoms with Crippen LogP contribution in [0.15, 0.2) is 24.3 Å². The monoisotopic (exact) mass is 425 g/mol. The fourth-order valence-corrected chi connectivity index (χ4v) is 5.80. The van der Waals surface area contributed by atoms with Gasteiger partial charge in [0.15, 0.2) is 6.04 Å². The molecule has 7 heteroatoms. The third kappa shape index (κ3) is 4.16. The van der Waals surface area contributed by atoms with Gasteiger partial charge in [0, 0.05) is 4.88 Å². The highest BCUT2D eigenvalue weighted by atomic mass is 32.1. The number of phenols is 1. The van der Waals surface area contributed by atoms with Gasteiger partial charge in [-0.05, 0) is 50.3 Å². The van der Waals surface area contributed by atoms with E-state index in [1.807, 2.05) is 25.1 Å². The Bertz CT molecular complexity index is 957. The van der Waals surface area contributed by atoms with Gasteiger partial charge in [0.05, 0.1) is 37.4 Å². The standard InChI is InChI=1S/C23H28N4O2S/c1-16(26-11-13-27(14-12-26)19-8-5-6-9-20(19)28)22(29)25-23-18(15-24)17-7-3-2-4-10-21(17)30-23/h5-6,8-9,16,28H,2-4,7,10-14H2,1H3,(H,25,29)/p+1/t16-/m1/s1. The Morgan fingerprint density at radius 1 is 1.23 bits per heavy atom. The van der Waals surface area contributed by atoms with Crippen LogP contribution in [0.3, 0.4) is 0 Å². The number of aromatic hydroxyl groups is 1. The maximum atomic E-state index is 13.0. The number of quaternary nitrogens is 1. The van der Waals surface area contributed by atoms with Crippen molar-refractivity contribution in [1.82, 2.24) is 0 Å². The zero-order valence-corrected chi connectivity index (χ0v) is 18.2. The Labute approximate surface area is 181 Å². The van der Waals surface area contributed by atoms with Crippen LogP contribution < -0.4 is 15.1 Å². The van der Waals surface area contributed by atoms with E-state index in [9.17, 15) is 15.2 Å². The van der Waals surface area contributed by atoms with Crippen LogP contribution in [-0.4, -0.2) is 43.2 Å². The van der Waals surface area contributed by atoms with Crippen molar-refractivity contribution < 1.29 is 14.8 Å². The van der Waals surface area contributed by atoms with Crippen molar-refractivity contribution >= 4 is 27.9 Å². The van der Waals surface area contributed by atoms with Crippen molar-refractivity contribution in [3.05, 3.63) is 40.3 Å². The van der Waals surface area contributed by atoms with Crippen LogP contribution in [-0.2, 0) is 17.6 Å². The van der Waals surface area contributed by atoms with Gasteiger partial charge >= 0.3 is 0 Å². The minimum absolute atomic E-state index is 0.0195. The van der Waals surface area contributed by atoms with Crippen LogP contribution in [0.1, 0.15) is 42.2 Å². The van der Waals surface area contributed by atoms with E-state index in [4.69, 9.17) is 0 Å². The molecule has 2 heterocycles. The summed E-state index contributed by atoms with van der Waals surface area (Å²) >= 11 is 1.59. The fourth-order valence-electron chi connectivity index (χ4n) is 4.55. The summed E-state index contributed by atoms with van der Waals surface area (Å²) in [5, 5.41) is 23.6. The number of thiophene rings is 1. The number of hydrogen-bond donors (Lipinski definition) is 3. The number of carbonyl (C=O) groups excluding carboxylic acids is 1. The summed E-state index contributed by atoms with van der Waals surface area (Å²) in [5.41, 5.74) is 2.69. The van der Waals surface area contributed by atoms with E-state index < -0.39 is 0 Å². The van der Waals surface area contributed by atoms with Gasteiger partial charge in [0.25, 0.3) is 5.91 Å². The number of hydrogen-bond acceptors (Lipinski definition) is 5. The number of fused-ring (bicyclic) bond motifs is 1. The molecule has 1 aliphatic carbocycles. The highest BCUT2D eigenvalue weighted by Gasteiger charge is 2.31. The Morgan fingerprint density at radius 3 is 2.70 bits per heavy atom. The third-order valence-electron chi connectivity index (χ3n) is 6.40. The van der Waals surface area contributed by atoms with Crippen LogP contribution in [0.2, 0.25) is 0 Å². The molecule has 1 atom stereocenters. The van der Waals surface area contributed by atoms with E-state index in [0.29, 0.717) is 11.3 Å². The number of aryl methyl sites for hydroxylation is 1. The fraction of sp³-hybridized carbons (Fsp3) is 0.478. The average Bonchev–Trinajstić information content (AvgIpc) is 2.92. The molecule has 1 aromatic carbocycles. The Hall–Kier alpha value is -2.56. The molecule has 0 unspecified atom stereocenters. The summed E-state index contributed by atoms with van der Waals surface area (Å²) in [6, 6.07) is 9.55. The lowest BCUT2D eigenvalue weighted by Gasteiger charge is -2.36. The second kappa shape index (κ2) is 9.07. The number of nitrogens with one attached hydrogen (secondary N) is 2. The van der Waals surface area contributed by atoms with Gasteiger partial charge < -0.3 is 20.2 Å². The Balaban J connectivity index is 1.39. The normalized spacial score (nSPS) is 18.2. The van der Waals surface area contributed by atoms with Gasteiger partial charge in [-0.15, -0.1) is 11.3 Å². The first-order valence-electron chi connectivity index (χ1n) is 10.8. The van der Waals surface area contributed by atoms with E-state index in [-0.39, 0.29) is 11.9 Å². The lowest BCUT2D eigenvalue weighted by molar-refractivity contribution is -0.914. The summed E-state index contributed by atoms with van der Waals surface area (Å²) in [4.78, 5) is 17.7. The first-order valence-corrected chi connectivity index (χ1v) is 11.6. The number of piperazine rings is 1. The maximum absolute atomic E-state index is 13.0. The van der Waals surface area contributed by atoms with Crippen molar-refractivity contribution in [2.24, 2.45) is 0 Å². The van der Waals surface area contributed by atoms with Crippen molar-refractivity contribution in [2.75, 3.05) is 36.4 Å². The van der Waals surface area contributed by atoms with Gasteiger partial charge in [-0.2, -0.15) is 5.26 Å². The molecule has 0 saturated carbocycles. The van der Waals surface area contributed by atoms with Gasteiger partial charge in [-0.3, -0.25) is 4.79 Å². The van der Waals surface area contributed by atoms with Crippen LogP contribution >= 0.6 is 11.3 Å². The van der Waals surface area contributed by atoms with Gasteiger partial charge in [0.2, 0.25) is 0 Å². The number of anilines is 2. The quantitative estimate of drug-likeness (QED) is 0.657. The predicted octanol–water partition coefficient (Wildman–Crippen LogP) is 2.33. The van der Waals surface area contributed by atoms with E-state index in [0.717, 1.165) is 68.1 Å².